The number of ether oxygens (including phenoxy) is 2. The van der Waals surface area contributed by atoms with E-state index >= 15 is 0 Å². The lowest BCUT2D eigenvalue weighted by atomic mass is 10.2. The van der Waals surface area contributed by atoms with Crippen molar-refractivity contribution in [2.45, 2.75) is 9.79 Å². The van der Waals surface area contributed by atoms with Crippen LogP contribution in [-0.4, -0.2) is 94.9 Å². The van der Waals surface area contributed by atoms with E-state index in [0.717, 1.165) is 0 Å². The molecule has 3 heterocycles. The number of aromatic nitrogens is 1. The van der Waals surface area contributed by atoms with Gasteiger partial charge >= 0.3 is 0 Å². The van der Waals surface area contributed by atoms with Crippen molar-refractivity contribution in [3.8, 4) is 0 Å². The molecule has 2 aromatic carbocycles. The van der Waals surface area contributed by atoms with Gasteiger partial charge in [-0.15, -0.1) is 0 Å². The second-order valence-corrected chi connectivity index (χ2v) is 13.3. The van der Waals surface area contributed by atoms with Gasteiger partial charge in [0.05, 0.1) is 36.2 Å². The van der Waals surface area contributed by atoms with Gasteiger partial charge in [0.25, 0.3) is 11.8 Å². The second-order valence-electron chi connectivity index (χ2n) is 9.40. The maximum Gasteiger partial charge on any atom is 0.256 e. The van der Waals surface area contributed by atoms with Crippen LogP contribution in [0.15, 0.2) is 76.5 Å². The molecular weight excluding hydrogens is 586 g/mol. The van der Waals surface area contributed by atoms with Crippen molar-refractivity contribution < 1.29 is 35.9 Å². The first-order valence-electron chi connectivity index (χ1n) is 13.1. The molecule has 0 saturated carbocycles. The summed E-state index contributed by atoms with van der Waals surface area (Å²) in [6.45, 7) is 2.14. The van der Waals surface area contributed by atoms with Crippen molar-refractivity contribution in [1.29, 1.82) is 0 Å². The molecule has 2 saturated heterocycles. The third-order valence-electron chi connectivity index (χ3n) is 6.64. The van der Waals surface area contributed by atoms with Crippen LogP contribution in [0.3, 0.4) is 0 Å². The molecule has 2 N–H and O–H groups in total. The standard InChI is InChI=1S/C27H29N5O8S2/c33-26(20-4-1-6-22(18-20)41(35,36)31-10-14-39-15-11-31)29-24-8-3-9-25(28-24)30-27(34)21-5-2-7-23(19-21)42(37,38)32-12-16-40-17-13-32/h1-9,18-19H,10-17H2,(H2,28,29,30,33,34). The van der Waals surface area contributed by atoms with E-state index < -0.39 is 31.9 Å². The van der Waals surface area contributed by atoms with Crippen molar-refractivity contribution in [3.63, 3.8) is 0 Å². The highest BCUT2D eigenvalue weighted by Crippen LogP contribution is 2.21. The molecule has 15 heteroatoms. The van der Waals surface area contributed by atoms with Gasteiger partial charge in [-0.2, -0.15) is 8.61 Å². The molecule has 2 aliphatic heterocycles. The van der Waals surface area contributed by atoms with Gasteiger partial charge in [0.2, 0.25) is 20.0 Å². The van der Waals surface area contributed by atoms with Gasteiger partial charge in [0.1, 0.15) is 11.6 Å². The van der Waals surface area contributed by atoms with Crippen LogP contribution in [0.4, 0.5) is 11.6 Å². The molecule has 2 aliphatic rings. The minimum Gasteiger partial charge on any atom is -0.379 e. The van der Waals surface area contributed by atoms with Crippen LogP contribution in [0.25, 0.3) is 0 Å². The zero-order valence-electron chi connectivity index (χ0n) is 22.4. The van der Waals surface area contributed by atoms with Gasteiger partial charge in [-0.25, -0.2) is 21.8 Å². The Bertz CT molecular complexity index is 1570. The van der Waals surface area contributed by atoms with Crippen LogP contribution < -0.4 is 10.6 Å². The van der Waals surface area contributed by atoms with Gasteiger partial charge in [0.15, 0.2) is 0 Å². The molecule has 5 rings (SSSR count). The van der Waals surface area contributed by atoms with Crippen molar-refractivity contribution in [1.82, 2.24) is 13.6 Å². The van der Waals surface area contributed by atoms with Gasteiger partial charge in [0, 0.05) is 37.3 Å². The predicted molar refractivity (Wildman–Crippen MR) is 152 cm³/mol. The Kier molecular flexibility index (Phi) is 8.96. The third kappa shape index (κ3) is 6.67. The Hall–Kier alpha value is -3.73. The highest BCUT2D eigenvalue weighted by atomic mass is 32.2. The quantitative estimate of drug-likeness (QED) is 0.383. The number of nitrogens with zero attached hydrogens (tertiary/aromatic N) is 3. The van der Waals surface area contributed by atoms with E-state index in [1.807, 2.05) is 0 Å². The second kappa shape index (κ2) is 12.6. The van der Waals surface area contributed by atoms with Crippen LogP contribution in [0.1, 0.15) is 20.7 Å². The number of morpholine rings is 2. The van der Waals surface area contributed by atoms with E-state index in [1.165, 1.54) is 69.3 Å². The largest absolute Gasteiger partial charge is 0.379 e. The molecule has 0 radical (unpaired) electrons. The van der Waals surface area contributed by atoms with Crippen LogP contribution in [-0.2, 0) is 29.5 Å². The van der Waals surface area contributed by atoms with Crippen molar-refractivity contribution in [2.24, 2.45) is 0 Å². The molecule has 2 fully saturated rings. The number of anilines is 2. The zero-order chi connectivity index (χ0) is 29.7. The predicted octanol–water partition coefficient (Wildman–Crippen LogP) is 1.63. The summed E-state index contributed by atoms with van der Waals surface area (Å²) in [7, 11) is -7.58. The number of benzene rings is 2. The molecule has 0 atom stereocenters. The minimum absolute atomic E-state index is 0.0103. The number of sulfonamides is 2. The molecule has 0 aliphatic carbocycles. The first-order chi connectivity index (χ1) is 20.1. The number of carbonyl (C=O) groups is 2. The Morgan fingerprint density at radius 1 is 0.619 bits per heavy atom. The summed E-state index contributed by atoms with van der Waals surface area (Å²) in [4.78, 5) is 30.1. The summed E-state index contributed by atoms with van der Waals surface area (Å²) in [6, 6.07) is 16.0. The molecule has 1 aromatic heterocycles. The number of carbonyl (C=O) groups excluding carboxylic acids is 2. The Labute approximate surface area is 243 Å². The van der Waals surface area contributed by atoms with Crippen LogP contribution >= 0.6 is 0 Å². The van der Waals surface area contributed by atoms with Crippen molar-refractivity contribution in [2.75, 3.05) is 63.2 Å². The van der Waals surface area contributed by atoms with E-state index in [-0.39, 0.29) is 58.7 Å². The van der Waals surface area contributed by atoms with Gasteiger partial charge < -0.3 is 20.1 Å². The Morgan fingerprint density at radius 2 is 1.00 bits per heavy atom. The Morgan fingerprint density at radius 3 is 1.40 bits per heavy atom. The molecule has 222 valence electrons. The topological polar surface area (TPSA) is 164 Å². The molecule has 2 amide bonds. The molecule has 3 aromatic rings. The van der Waals surface area contributed by atoms with Gasteiger partial charge in [-0.1, -0.05) is 18.2 Å². The van der Waals surface area contributed by atoms with Gasteiger partial charge in [-0.05, 0) is 48.5 Å². The Balaban J connectivity index is 1.27. The average Bonchev–Trinajstić information content (AvgIpc) is 3.02. The van der Waals surface area contributed by atoms with Crippen molar-refractivity contribution >= 4 is 43.5 Å². The summed E-state index contributed by atoms with van der Waals surface area (Å²) in [5, 5.41) is 5.22. The minimum atomic E-state index is -3.79. The number of hydrogen-bond donors (Lipinski definition) is 2. The van der Waals surface area contributed by atoms with E-state index in [0.29, 0.717) is 26.4 Å². The number of pyridine rings is 1. The molecular formula is C27H29N5O8S2. The average molecular weight is 616 g/mol. The molecule has 13 nitrogen and oxygen atoms in total. The normalized spacial score (nSPS) is 17.0. The summed E-state index contributed by atoms with van der Waals surface area (Å²) in [5.74, 6) is -0.956. The lowest BCUT2D eigenvalue weighted by Crippen LogP contribution is -2.40. The smallest absolute Gasteiger partial charge is 0.256 e. The number of amides is 2. The summed E-state index contributed by atoms with van der Waals surface area (Å²) in [5.41, 5.74) is 0.220. The van der Waals surface area contributed by atoms with E-state index in [9.17, 15) is 26.4 Å². The fraction of sp³-hybridized carbons (Fsp3) is 0.296. The summed E-state index contributed by atoms with van der Waals surface area (Å²) >= 11 is 0. The van der Waals surface area contributed by atoms with Crippen molar-refractivity contribution in [3.05, 3.63) is 77.9 Å². The highest BCUT2D eigenvalue weighted by molar-refractivity contribution is 7.89. The van der Waals surface area contributed by atoms with Crippen LogP contribution in [0.5, 0.6) is 0 Å². The zero-order valence-corrected chi connectivity index (χ0v) is 24.1. The fourth-order valence-electron chi connectivity index (χ4n) is 4.42. The first-order valence-corrected chi connectivity index (χ1v) is 16.0. The maximum absolute atomic E-state index is 13.0. The third-order valence-corrected chi connectivity index (χ3v) is 10.4. The van der Waals surface area contributed by atoms with Gasteiger partial charge in [-0.3, -0.25) is 9.59 Å². The number of nitrogens with one attached hydrogen (secondary N) is 2. The fourth-order valence-corrected chi connectivity index (χ4v) is 7.33. The van der Waals surface area contributed by atoms with E-state index in [4.69, 9.17) is 9.47 Å². The molecule has 0 unspecified atom stereocenters. The van der Waals surface area contributed by atoms with E-state index in [1.54, 1.807) is 6.07 Å². The number of rotatable bonds is 8. The lowest BCUT2D eigenvalue weighted by Gasteiger charge is -2.26. The van der Waals surface area contributed by atoms with Crippen LogP contribution in [0.2, 0.25) is 0 Å². The molecule has 42 heavy (non-hydrogen) atoms. The summed E-state index contributed by atoms with van der Waals surface area (Å²) in [6.07, 6.45) is 0. The first kappa shape index (κ1) is 29.8. The highest BCUT2D eigenvalue weighted by Gasteiger charge is 2.28. The maximum atomic E-state index is 13.0. The van der Waals surface area contributed by atoms with Crippen LogP contribution in [0, 0.1) is 0 Å². The summed E-state index contributed by atoms with van der Waals surface area (Å²) < 4.78 is 65.0. The lowest BCUT2D eigenvalue weighted by molar-refractivity contribution is 0.0730. The molecule has 0 spiro atoms. The van der Waals surface area contributed by atoms with E-state index in [2.05, 4.69) is 15.6 Å². The SMILES string of the molecule is O=C(Nc1cccc(NC(=O)c2cccc(S(=O)(=O)N3CCOCC3)c2)n1)c1cccc(S(=O)(=O)N2CCOCC2)c1. The molecule has 0 bridgehead atoms. The monoisotopic (exact) mass is 615 g/mol. The number of hydrogen-bond acceptors (Lipinski definition) is 9.